The lowest BCUT2D eigenvalue weighted by atomic mass is 10.1. The summed E-state index contributed by atoms with van der Waals surface area (Å²) in [5, 5.41) is 29.0. The molecule has 0 amide bonds. The van der Waals surface area contributed by atoms with Crippen molar-refractivity contribution in [2.75, 3.05) is 12.3 Å². The van der Waals surface area contributed by atoms with E-state index in [4.69, 9.17) is 15.6 Å². The number of rotatable bonds is 5. The summed E-state index contributed by atoms with van der Waals surface area (Å²) in [6, 6.07) is 0. The van der Waals surface area contributed by atoms with Gasteiger partial charge in [0.15, 0.2) is 6.23 Å². The zero-order valence-electron chi connectivity index (χ0n) is 13.2. The van der Waals surface area contributed by atoms with Gasteiger partial charge in [-0.05, 0) is 19.8 Å². The predicted molar refractivity (Wildman–Crippen MR) is 83.7 cm³/mol. The van der Waals surface area contributed by atoms with Crippen LogP contribution in [0.3, 0.4) is 0 Å². The van der Waals surface area contributed by atoms with Crippen LogP contribution in [0.5, 0.6) is 0 Å². The number of nitrogens with two attached hydrogens (primary N) is 1. The highest BCUT2D eigenvalue weighted by Crippen LogP contribution is 2.28. The van der Waals surface area contributed by atoms with Crippen molar-refractivity contribution in [1.82, 2.24) is 9.55 Å². The van der Waals surface area contributed by atoms with Crippen molar-refractivity contribution in [3.8, 4) is 0 Å². The van der Waals surface area contributed by atoms with Gasteiger partial charge in [0.05, 0.1) is 6.61 Å². The van der Waals surface area contributed by atoms with Crippen LogP contribution in [0.15, 0.2) is 22.6 Å². The van der Waals surface area contributed by atoms with Crippen molar-refractivity contribution < 1.29 is 20.1 Å². The number of aliphatic hydroxyl groups excluding tert-OH is 3. The molecule has 128 valence electrons. The van der Waals surface area contributed by atoms with E-state index in [1.54, 1.807) is 0 Å². The predicted octanol–water partition coefficient (Wildman–Crippen LogP) is -0.664. The first-order chi connectivity index (χ1) is 10.9. The summed E-state index contributed by atoms with van der Waals surface area (Å²) >= 11 is 0. The molecule has 0 bridgehead atoms. The first-order valence-corrected chi connectivity index (χ1v) is 7.54. The van der Waals surface area contributed by atoms with Crippen molar-refractivity contribution in [2.45, 2.75) is 51.2 Å². The molecule has 0 aromatic carbocycles. The smallest absolute Gasteiger partial charge is 0.351 e. The topological polar surface area (TPSA) is 131 Å². The number of hydrogen-bond acceptors (Lipinski definition) is 7. The van der Waals surface area contributed by atoms with Crippen molar-refractivity contribution in [3.05, 3.63) is 33.9 Å². The van der Waals surface area contributed by atoms with Gasteiger partial charge >= 0.3 is 5.69 Å². The van der Waals surface area contributed by atoms with Crippen molar-refractivity contribution in [3.63, 3.8) is 0 Å². The fourth-order valence-electron chi connectivity index (χ4n) is 2.67. The molecule has 1 aromatic heterocycles. The molecule has 1 fully saturated rings. The van der Waals surface area contributed by atoms with Crippen LogP contribution in [0, 0.1) is 0 Å². The Morgan fingerprint density at radius 1 is 1.48 bits per heavy atom. The van der Waals surface area contributed by atoms with E-state index in [1.807, 2.05) is 19.9 Å². The summed E-state index contributed by atoms with van der Waals surface area (Å²) in [7, 11) is 0. The normalized spacial score (nSPS) is 28.3. The molecule has 2 rings (SSSR count). The molecule has 8 nitrogen and oxygen atoms in total. The zero-order valence-corrected chi connectivity index (χ0v) is 13.2. The Morgan fingerprint density at radius 3 is 2.74 bits per heavy atom. The number of nitrogen functional groups attached to an aromatic ring is 1. The molecule has 1 saturated heterocycles. The number of hydrogen-bond donors (Lipinski definition) is 4. The minimum absolute atomic E-state index is 0.127. The molecule has 5 N–H and O–H groups in total. The van der Waals surface area contributed by atoms with Crippen LogP contribution in [0.1, 0.15) is 32.1 Å². The Labute approximate surface area is 133 Å². The number of aliphatic hydroxyl groups is 3. The molecule has 8 heteroatoms. The molecule has 4 atom stereocenters. The maximum atomic E-state index is 12.1. The van der Waals surface area contributed by atoms with Crippen LogP contribution in [0.2, 0.25) is 0 Å². The quantitative estimate of drug-likeness (QED) is 0.528. The summed E-state index contributed by atoms with van der Waals surface area (Å²) in [6.45, 7) is 3.51. The van der Waals surface area contributed by atoms with Gasteiger partial charge in [-0.25, -0.2) is 4.79 Å². The third kappa shape index (κ3) is 3.61. The first-order valence-electron chi connectivity index (χ1n) is 7.54. The van der Waals surface area contributed by atoms with Gasteiger partial charge in [0.25, 0.3) is 0 Å². The van der Waals surface area contributed by atoms with Crippen molar-refractivity contribution in [2.24, 2.45) is 0 Å². The summed E-state index contributed by atoms with van der Waals surface area (Å²) in [6.07, 6.45) is 0.242. The van der Waals surface area contributed by atoms with E-state index < -0.39 is 36.8 Å². The lowest BCUT2D eigenvalue weighted by Gasteiger charge is -2.18. The largest absolute Gasteiger partial charge is 0.394 e. The van der Waals surface area contributed by atoms with Crippen LogP contribution >= 0.6 is 0 Å². The van der Waals surface area contributed by atoms with Gasteiger partial charge in [-0.3, -0.25) is 4.57 Å². The number of aromatic nitrogens is 2. The molecule has 0 saturated carbocycles. The fourth-order valence-corrected chi connectivity index (χ4v) is 2.67. The maximum absolute atomic E-state index is 12.1. The summed E-state index contributed by atoms with van der Waals surface area (Å²) in [5.41, 5.74) is 6.83. The Balaban J connectivity index is 2.36. The van der Waals surface area contributed by atoms with Gasteiger partial charge in [0.1, 0.15) is 24.1 Å². The number of allylic oxidation sites excluding steroid dienone is 2. The molecule has 1 aliphatic heterocycles. The highest BCUT2D eigenvalue weighted by atomic mass is 16.6. The van der Waals surface area contributed by atoms with E-state index in [0.29, 0.717) is 12.0 Å². The van der Waals surface area contributed by atoms with Crippen LogP contribution in [0.4, 0.5) is 5.82 Å². The lowest BCUT2D eigenvalue weighted by Crippen LogP contribution is -2.36. The zero-order chi connectivity index (χ0) is 17.1. The molecular weight excluding hydrogens is 302 g/mol. The molecule has 23 heavy (non-hydrogen) atoms. The second-order valence-electron chi connectivity index (χ2n) is 5.71. The van der Waals surface area contributed by atoms with Crippen molar-refractivity contribution in [1.29, 1.82) is 0 Å². The molecule has 0 radical (unpaired) electrons. The SMILES string of the molecule is CC/C=C(\C)Cc1cn([C@@H]2O[C@H](CO)[C@@H](O)[C@@H]2O)c(=O)nc1N. The molecule has 2 heterocycles. The van der Waals surface area contributed by atoms with E-state index in [-0.39, 0.29) is 5.82 Å². The van der Waals surface area contributed by atoms with E-state index in [2.05, 4.69) is 4.98 Å². The van der Waals surface area contributed by atoms with Gasteiger partial charge in [0.2, 0.25) is 0 Å². The van der Waals surface area contributed by atoms with Gasteiger partial charge in [-0.1, -0.05) is 18.6 Å². The van der Waals surface area contributed by atoms with Crippen molar-refractivity contribution >= 4 is 5.82 Å². The van der Waals surface area contributed by atoms with E-state index in [0.717, 1.165) is 16.6 Å². The fraction of sp³-hybridized carbons (Fsp3) is 0.600. The number of nitrogens with zero attached hydrogens (tertiary/aromatic N) is 2. The lowest BCUT2D eigenvalue weighted by molar-refractivity contribution is -0.0550. The molecule has 1 aromatic rings. The van der Waals surface area contributed by atoms with Crippen LogP contribution in [-0.4, -0.2) is 49.8 Å². The third-order valence-corrected chi connectivity index (χ3v) is 3.87. The summed E-state index contributed by atoms with van der Waals surface area (Å²) in [4.78, 5) is 15.8. The second-order valence-corrected chi connectivity index (χ2v) is 5.71. The summed E-state index contributed by atoms with van der Waals surface area (Å²) < 4.78 is 6.47. The van der Waals surface area contributed by atoms with E-state index in [9.17, 15) is 15.0 Å². The van der Waals surface area contributed by atoms with Crippen LogP contribution < -0.4 is 11.4 Å². The first kappa shape index (κ1) is 17.6. The van der Waals surface area contributed by atoms with Gasteiger partial charge in [0, 0.05) is 11.8 Å². The minimum atomic E-state index is -1.34. The van der Waals surface area contributed by atoms with Crippen LogP contribution in [0.25, 0.3) is 0 Å². The molecule has 0 unspecified atom stereocenters. The minimum Gasteiger partial charge on any atom is -0.394 e. The maximum Gasteiger partial charge on any atom is 0.351 e. The molecule has 1 aliphatic rings. The molecular formula is C15H23N3O5. The highest BCUT2D eigenvalue weighted by Gasteiger charge is 2.43. The average Bonchev–Trinajstić information content (AvgIpc) is 2.78. The Hall–Kier alpha value is -1.74. The molecule has 0 aliphatic carbocycles. The Morgan fingerprint density at radius 2 is 2.17 bits per heavy atom. The Bertz CT molecular complexity index is 642. The van der Waals surface area contributed by atoms with Gasteiger partial charge in [-0.15, -0.1) is 0 Å². The second kappa shape index (κ2) is 7.22. The monoisotopic (exact) mass is 325 g/mol. The van der Waals surface area contributed by atoms with E-state index >= 15 is 0 Å². The number of ether oxygens (including phenoxy) is 1. The van der Waals surface area contributed by atoms with E-state index in [1.165, 1.54) is 6.20 Å². The molecule has 0 spiro atoms. The van der Waals surface area contributed by atoms with Gasteiger partial charge < -0.3 is 25.8 Å². The van der Waals surface area contributed by atoms with Gasteiger partial charge in [-0.2, -0.15) is 4.98 Å². The average molecular weight is 325 g/mol. The van der Waals surface area contributed by atoms with Crippen LogP contribution in [-0.2, 0) is 11.2 Å². The third-order valence-electron chi connectivity index (χ3n) is 3.87. The Kier molecular flexibility index (Phi) is 5.53. The summed E-state index contributed by atoms with van der Waals surface area (Å²) in [5.74, 6) is 0.127. The highest BCUT2D eigenvalue weighted by molar-refractivity contribution is 5.39. The standard InChI is InChI=1S/C15H23N3O5/c1-3-4-8(2)5-9-6-18(15(22)17-13(9)16)14-12(21)11(20)10(7-19)23-14/h4,6,10-12,14,19-21H,3,5,7H2,1-2H3,(H2,16,17,22)/b8-4+/t10-,11-,12+,14-/m1/s1. The number of anilines is 1.